The van der Waals surface area contributed by atoms with E-state index < -0.39 is 17.2 Å². The van der Waals surface area contributed by atoms with Crippen molar-refractivity contribution in [2.75, 3.05) is 55.5 Å². The molecule has 284 valence electrons. The molecule has 7 rings (SSSR count). The lowest BCUT2D eigenvalue weighted by atomic mass is 10.0. The molecule has 1 saturated carbocycles. The van der Waals surface area contributed by atoms with E-state index in [-0.39, 0.29) is 11.3 Å². The van der Waals surface area contributed by atoms with Crippen LogP contribution in [0.1, 0.15) is 67.7 Å². The molecule has 9 nitrogen and oxygen atoms in total. The summed E-state index contributed by atoms with van der Waals surface area (Å²) >= 11 is 1.66. The standard InChI is InChI=1S/C35H35N3O6S.C5H13P.C2H6/c1-34(2,3)44-33(41)36-35(13-14-35)32(40)37(4)21-11-12-28-26(19-21)24-9-6-8-23(31(24)45-28)22-7-5-10-25-27(39)20-29(43-30(22)25)38-15-17-42-18-16-38;1-3-5-6-4-2;1-2/h5-12,19-20H,13-18H2,1-4H3,(H,36,41);6H,3-5H2,1-2H3;1-2H3. The van der Waals surface area contributed by atoms with Crippen molar-refractivity contribution in [1.82, 2.24) is 5.32 Å². The Bertz CT molecular complexity index is 2110. The first-order chi connectivity index (χ1) is 25.4. The highest BCUT2D eigenvalue weighted by Crippen LogP contribution is 2.44. The smallest absolute Gasteiger partial charge is 0.408 e. The number of carbonyl (C=O) groups is 2. The summed E-state index contributed by atoms with van der Waals surface area (Å²) in [5.74, 6) is 0.383. The molecule has 53 heavy (non-hydrogen) atoms. The van der Waals surface area contributed by atoms with Gasteiger partial charge >= 0.3 is 6.09 Å². The summed E-state index contributed by atoms with van der Waals surface area (Å²) < 4.78 is 19.5. The van der Waals surface area contributed by atoms with Crippen molar-refractivity contribution in [3.63, 3.8) is 0 Å². The van der Waals surface area contributed by atoms with E-state index in [1.807, 2.05) is 56.3 Å². The van der Waals surface area contributed by atoms with Gasteiger partial charge in [0.1, 0.15) is 16.7 Å². The lowest BCUT2D eigenvalue weighted by Gasteiger charge is -2.27. The van der Waals surface area contributed by atoms with E-state index in [1.54, 1.807) is 50.1 Å². The van der Waals surface area contributed by atoms with E-state index in [2.05, 4.69) is 36.2 Å². The largest absolute Gasteiger partial charge is 0.444 e. The van der Waals surface area contributed by atoms with Gasteiger partial charge in [-0.25, -0.2) is 4.79 Å². The first-order valence-electron chi connectivity index (χ1n) is 18.8. The van der Waals surface area contributed by atoms with Crippen LogP contribution in [0.25, 0.3) is 42.3 Å². The topological polar surface area (TPSA) is 101 Å². The highest BCUT2D eigenvalue weighted by atomic mass is 32.1. The van der Waals surface area contributed by atoms with E-state index in [1.165, 1.54) is 27.3 Å². The Morgan fingerprint density at radius 2 is 1.64 bits per heavy atom. The maximum Gasteiger partial charge on any atom is 0.408 e. The number of amides is 2. The normalized spacial score (nSPS) is 15.1. The molecule has 0 spiro atoms. The number of fused-ring (bicyclic) bond motifs is 4. The Kier molecular flexibility index (Phi) is 13.2. The number of ether oxygens (including phenoxy) is 2. The molecule has 2 amide bonds. The minimum Gasteiger partial charge on any atom is -0.444 e. The van der Waals surface area contributed by atoms with Crippen molar-refractivity contribution in [3.05, 3.63) is 70.9 Å². The van der Waals surface area contributed by atoms with Crippen LogP contribution in [-0.4, -0.2) is 68.8 Å². The number of hydrogen-bond donors (Lipinski definition) is 1. The molecule has 1 saturated heterocycles. The molecule has 0 radical (unpaired) electrons. The predicted molar refractivity (Wildman–Crippen MR) is 224 cm³/mol. The molecule has 3 heterocycles. The molecule has 3 aromatic carbocycles. The van der Waals surface area contributed by atoms with Crippen LogP contribution < -0.4 is 20.5 Å². The van der Waals surface area contributed by atoms with Crippen molar-refractivity contribution < 1.29 is 23.5 Å². The number of likely N-dealkylation sites (N-methyl/N-ethyl adjacent to an activating group) is 1. The number of hydrogen-bond acceptors (Lipinski definition) is 8. The quantitative estimate of drug-likeness (QED) is 0.124. The first-order valence-corrected chi connectivity index (χ1v) is 21.0. The van der Waals surface area contributed by atoms with Crippen LogP contribution in [0.3, 0.4) is 0 Å². The second kappa shape index (κ2) is 17.4. The van der Waals surface area contributed by atoms with Crippen LogP contribution in [-0.2, 0) is 14.3 Å². The van der Waals surface area contributed by atoms with Gasteiger partial charge in [0.25, 0.3) is 5.91 Å². The highest BCUT2D eigenvalue weighted by Gasteiger charge is 2.53. The minimum absolute atomic E-state index is 0.0740. The number of anilines is 2. The number of carbonyl (C=O) groups excluding carboxylic acids is 2. The number of benzene rings is 3. The monoisotopic (exact) mass is 759 g/mol. The van der Waals surface area contributed by atoms with Gasteiger partial charge in [0.15, 0.2) is 11.3 Å². The summed E-state index contributed by atoms with van der Waals surface area (Å²) in [5, 5.41) is 5.43. The molecule has 2 fully saturated rings. The Morgan fingerprint density at radius 1 is 0.962 bits per heavy atom. The summed E-state index contributed by atoms with van der Waals surface area (Å²) in [6.07, 6.45) is 4.74. The third kappa shape index (κ3) is 9.22. The number of nitrogens with one attached hydrogen (secondary N) is 1. The van der Waals surface area contributed by atoms with Crippen molar-refractivity contribution in [2.45, 2.75) is 78.9 Å². The molecular weight excluding hydrogens is 706 g/mol. The maximum absolute atomic E-state index is 13.6. The van der Waals surface area contributed by atoms with Crippen LogP contribution in [0.4, 0.5) is 16.4 Å². The number of morpholine rings is 1. The summed E-state index contributed by atoms with van der Waals surface area (Å²) in [5.41, 5.74) is 1.46. The van der Waals surface area contributed by atoms with Gasteiger partial charge in [-0.05, 0) is 70.2 Å². The van der Waals surface area contributed by atoms with Gasteiger partial charge < -0.3 is 29.0 Å². The van der Waals surface area contributed by atoms with Crippen LogP contribution in [0.5, 0.6) is 0 Å². The second-order valence-electron chi connectivity index (χ2n) is 14.1. The van der Waals surface area contributed by atoms with Gasteiger partial charge in [-0.15, -0.1) is 19.9 Å². The van der Waals surface area contributed by atoms with E-state index in [0.29, 0.717) is 56.0 Å². The van der Waals surface area contributed by atoms with Gasteiger partial charge in [-0.1, -0.05) is 64.4 Å². The molecule has 2 aromatic heterocycles. The zero-order valence-electron chi connectivity index (χ0n) is 32.4. The lowest BCUT2D eigenvalue weighted by molar-refractivity contribution is -0.121. The van der Waals surface area contributed by atoms with Crippen molar-refractivity contribution in [2.24, 2.45) is 0 Å². The van der Waals surface area contributed by atoms with Gasteiger partial charge in [-0.3, -0.25) is 9.59 Å². The highest BCUT2D eigenvalue weighted by molar-refractivity contribution is 7.37. The zero-order valence-corrected chi connectivity index (χ0v) is 34.2. The van der Waals surface area contributed by atoms with E-state index in [0.717, 1.165) is 37.0 Å². The predicted octanol–water partition coefficient (Wildman–Crippen LogP) is 9.81. The first kappa shape index (κ1) is 40.2. The van der Waals surface area contributed by atoms with Crippen molar-refractivity contribution in [3.8, 4) is 11.1 Å². The number of alkyl carbamates (subject to hydrolysis) is 1. The fourth-order valence-electron chi connectivity index (χ4n) is 6.33. The Morgan fingerprint density at radius 3 is 2.26 bits per heavy atom. The van der Waals surface area contributed by atoms with E-state index in [4.69, 9.17) is 13.9 Å². The number of para-hydroxylation sites is 1. The maximum atomic E-state index is 13.6. The molecular formula is C42H54N3O6PS. The summed E-state index contributed by atoms with van der Waals surface area (Å²) in [6, 6.07) is 19.4. The van der Waals surface area contributed by atoms with E-state index in [9.17, 15) is 14.4 Å². The minimum atomic E-state index is -0.950. The molecule has 1 aliphatic carbocycles. The zero-order chi connectivity index (χ0) is 38.3. The van der Waals surface area contributed by atoms with Crippen LogP contribution >= 0.6 is 19.9 Å². The molecule has 1 atom stereocenters. The molecule has 1 unspecified atom stereocenters. The molecule has 2 aliphatic rings. The number of thiophene rings is 1. The van der Waals surface area contributed by atoms with Crippen LogP contribution in [0.2, 0.25) is 0 Å². The Balaban J connectivity index is 0.000000618. The number of rotatable bonds is 8. The van der Waals surface area contributed by atoms with Crippen molar-refractivity contribution in [1.29, 1.82) is 0 Å². The average Bonchev–Trinajstić information content (AvgIpc) is 3.84. The van der Waals surface area contributed by atoms with Crippen molar-refractivity contribution >= 4 is 74.6 Å². The lowest BCUT2D eigenvalue weighted by Crippen LogP contribution is -2.50. The van der Waals surface area contributed by atoms with Gasteiger partial charge in [0, 0.05) is 63.2 Å². The van der Waals surface area contributed by atoms with Gasteiger partial charge in [0.2, 0.25) is 0 Å². The summed E-state index contributed by atoms with van der Waals surface area (Å²) in [7, 11) is 2.96. The third-order valence-electron chi connectivity index (χ3n) is 9.10. The van der Waals surface area contributed by atoms with Gasteiger partial charge in [0.05, 0.1) is 18.6 Å². The average molecular weight is 760 g/mol. The molecule has 0 bridgehead atoms. The van der Waals surface area contributed by atoms with Gasteiger partial charge in [-0.2, -0.15) is 0 Å². The SMILES string of the molecule is CC.CCCPCC.CN(C(=O)C1(NC(=O)OC(C)(C)C)CC1)c1ccc2sc3c(-c4cccc5c(=O)cc(N6CCOCC6)oc45)cccc3c2c1. The molecule has 5 aromatic rings. The van der Waals surface area contributed by atoms with Crippen LogP contribution in [0.15, 0.2) is 69.9 Å². The fraction of sp³-hybridized carbons (Fsp3) is 0.452. The molecule has 1 N–H and O–H groups in total. The Labute approximate surface area is 318 Å². The fourth-order valence-corrected chi connectivity index (χ4v) is 8.25. The van der Waals surface area contributed by atoms with Crippen LogP contribution in [0, 0.1) is 0 Å². The Hall–Kier alpha value is -3.98. The third-order valence-corrected chi connectivity index (χ3v) is 11.7. The molecule has 11 heteroatoms. The number of nitrogens with zero attached hydrogens (tertiary/aromatic N) is 2. The summed E-state index contributed by atoms with van der Waals surface area (Å²) in [4.78, 5) is 43.0. The second-order valence-corrected chi connectivity index (χ2v) is 16.9. The summed E-state index contributed by atoms with van der Waals surface area (Å²) in [6.45, 7) is 16.4. The van der Waals surface area contributed by atoms with E-state index >= 15 is 0 Å². The molecule has 1 aliphatic heterocycles.